The minimum atomic E-state index is -1.06. The Morgan fingerprint density at radius 1 is 1.33 bits per heavy atom. The number of benzene rings is 1. The van der Waals surface area contributed by atoms with Crippen LogP contribution in [-0.4, -0.2) is 35.1 Å². The fourth-order valence-corrected chi connectivity index (χ4v) is 1.79. The summed E-state index contributed by atoms with van der Waals surface area (Å²) in [6, 6.07) is 7.61. The number of amides is 2. The van der Waals surface area contributed by atoms with Crippen LogP contribution in [0.25, 0.3) is 0 Å². The quantitative estimate of drug-likeness (QED) is 0.850. The van der Waals surface area contributed by atoms with E-state index in [0.29, 0.717) is 5.56 Å². The van der Waals surface area contributed by atoms with E-state index in [1.807, 2.05) is 0 Å². The number of aliphatic carboxylic acids is 1. The van der Waals surface area contributed by atoms with Crippen molar-refractivity contribution in [1.82, 2.24) is 10.2 Å². The summed E-state index contributed by atoms with van der Waals surface area (Å²) in [5.41, 5.74) is 0.572. The van der Waals surface area contributed by atoms with E-state index in [1.165, 1.54) is 0 Å². The first-order valence-electron chi connectivity index (χ1n) is 5.90. The van der Waals surface area contributed by atoms with Gasteiger partial charge in [-0.05, 0) is 18.4 Å². The molecule has 1 aromatic carbocycles. The van der Waals surface area contributed by atoms with Gasteiger partial charge in [0.2, 0.25) is 0 Å². The number of nitrogens with one attached hydrogen (secondary N) is 1. The Kier molecular flexibility index (Phi) is 3.50. The van der Waals surface area contributed by atoms with Crippen LogP contribution in [0.4, 0.5) is 4.79 Å². The zero-order valence-electron chi connectivity index (χ0n) is 10.2. The number of hydrogen-bond donors (Lipinski definition) is 2. The van der Waals surface area contributed by atoms with Gasteiger partial charge in [0, 0.05) is 13.1 Å². The number of hydrogen-bond acceptors (Lipinski definition) is 2. The van der Waals surface area contributed by atoms with E-state index >= 15 is 0 Å². The first-order valence-corrected chi connectivity index (χ1v) is 5.90. The van der Waals surface area contributed by atoms with E-state index in [9.17, 15) is 14.7 Å². The third-order valence-electron chi connectivity index (χ3n) is 3.06. The van der Waals surface area contributed by atoms with Crippen molar-refractivity contribution in [1.29, 1.82) is 0 Å². The summed E-state index contributed by atoms with van der Waals surface area (Å²) in [4.78, 5) is 24.6. The lowest BCUT2D eigenvalue weighted by atomic mass is 10.1. The predicted octanol–water partition coefficient (Wildman–Crippen LogP) is 1.62. The van der Waals surface area contributed by atoms with Gasteiger partial charge in [-0.25, -0.2) is 9.59 Å². The zero-order valence-corrected chi connectivity index (χ0v) is 10.2. The van der Waals surface area contributed by atoms with Crippen molar-refractivity contribution in [2.24, 2.45) is 0 Å². The molecule has 2 amide bonds. The summed E-state index contributed by atoms with van der Waals surface area (Å²) in [5, 5.41) is 11.7. The molecule has 0 radical (unpaired) electrons. The minimum Gasteiger partial charge on any atom is -0.479 e. The van der Waals surface area contributed by atoms with Crippen molar-refractivity contribution in [2.45, 2.75) is 24.9 Å². The topological polar surface area (TPSA) is 69.6 Å². The molecule has 1 atom stereocenters. The predicted molar refractivity (Wildman–Crippen MR) is 66.1 cm³/mol. The van der Waals surface area contributed by atoms with Crippen LogP contribution < -0.4 is 5.32 Å². The lowest BCUT2D eigenvalue weighted by molar-refractivity contribution is -0.139. The monoisotopic (exact) mass is 248 g/mol. The summed E-state index contributed by atoms with van der Waals surface area (Å²) < 4.78 is 0. The Bertz CT molecular complexity index is 443. The maximum atomic E-state index is 11.9. The largest absolute Gasteiger partial charge is 0.479 e. The molecule has 1 fully saturated rings. The van der Waals surface area contributed by atoms with E-state index in [1.54, 1.807) is 42.3 Å². The number of carboxylic acids is 1. The maximum absolute atomic E-state index is 11.9. The van der Waals surface area contributed by atoms with Gasteiger partial charge >= 0.3 is 12.0 Å². The van der Waals surface area contributed by atoms with Gasteiger partial charge in [0.1, 0.15) is 0 Å². The lowest BCUT2D eigenvalue weighted by Gasteiger charge is -2.21. The molecule has 0 spiro atoms. The molecule has 1 aliphatic carbocycles. The first-order chi connectivity index (χ1) is 8.59. The van der Waals surface area contributed by atoms with E-state index in [0.717, 1.165) is 12.8 Å². The van der Waals surface area contributed by atoms with Crippen LogP contribution in [0.2, 0.25) is 0 Å². The van der Waals surface area contributed by atoms with Gasteiger partial charge in [0.15, 0.2) is 6.04 Å². The summed E-state index contributed by atoms with van der Waals surface area (Å²) in [6.07, 6.45) is 1.99. The third-order valence-corrected chi connectivity index (χ3v) is 3.06. The Hall–Kier alpha value is -2.04. The zero-order chi connectivity index (χ0) is 13.1. The van der Waals surface area contributed by atoms with Gasteiger partial charge in [-0.1, -0.05) is 30.3 Å². The van der Waals surface area contributed by atoms with Gasteiger partial charge in [-0.15, -0.1) is 0 Å². The van der Waals surface area contributed by atoms with E-state index in [4.69, 9.17) is 0 Å². The molecule has 96 valence electrons. The van der Waals surface area contributed by atoms with Crippen LogP contribution >= 0.6 is 0 Å². The fourth-order valence-electron chi connectivity index (χ4n) is 1.79. The molecule has 2 N–H and O–H groups in total. The Morgan fingerprint density at radius 2 is 1.94 bits per heavy atom. The molecule has 18 heavy (non-hydrogen) atoms. The Balaban J connectivity index is 2.07. The summed E-state index contributed by atoms with van der Waals surface area (Å²) in [6.45, 7) is 0. The third kappa shape index (κ3) is 2.80. The van der Waals surface area contributed by atoms with Gasteiger partial charge in [0.05, 0.1) is 0 Å². The molecule has 5 nitrogen and oxygen atoms in total. The molecule has 0 saturated heterocycles. The highest BCUT2D eigenvalue weighted by Gasteiger charge is 2.31. The van der Waals surface area contributed by atoms with Crippen molar-refractivity contribution in [3.8, 4) is 0 Å². The minimum absolute atomic E-state index is 0.259. The van der Waals surface area contributed by atoms with Crippen LogP contribution in [0.3, 0.4) is 0 Å². The molecule has 1 aliphatic rings. The van der Waals surface area contributed by atoms with Crippen LogP contribution in [0.15, 0.2) is 30.3 Å². The lowest BCUT2D eigenvalue weighted by Crippen LogP contribution is -2.42. The molecule has 2 rings (SSSR count). The second-order valence-corrected chi connectivity index (χ2v) is 4.47. The van der Waals surface area contributed by atoms with Crippen molar-refractivity contribution < 1.29 is 14.7 Å². The van der Waals surface area contributed by atoms with Crippen molar-refractivity contribution in [3.63, 3.8) is 0 Å². The Morgan fingerprint density at radius 3 is 2.44 bits per heavy atom. The van der Waals surface area contributed by atoms with Crippen molar-refractivity contribution in [2.75, 3.05) is 7.05 Å². The number of nitrogens with zero attached hydrogens (tertiary/aromatic N) is 1. The second kappa shape index (κ2) is 5.08. The fraction of sp³-hybridized carbons (Fsp3) is 0.385. The molecule has 1 saturated carbocycles. The molecular formula is C13H16N2O3. The van der Waals surface area contributed by atoms with Crippen molar-refractivity contribution >= 4 is 12.0 Å². The van der Waals surface area contributed by atoms with Crippen LogP contribution in [0, 0.1) is 0 Å². The van der Waals surface area contributed by atoms with E-state index < -0.39 is 12.0 Å². The number of carbonyl (C=O) groups excluding carboxylic acids is 1. The summed E-state index contributed by atoms with van der Waals surface area (Å²) in [7, 11) is 1.69. The van der Waals surface area contributed by atoms with Crippen LogP contribution in [0.1, 0.15) is 24.4 Å². The number of rotatable bonds is 4. The molecule has 1 unspecified atom stereocenters. The number of carbonyl (C=O) groups is 2. The average Bonchev–Trinajstić information content (AvgIpc) is 3.19. The molecular weight excluding hydrogens is 232 g/mol. The smallest absolute Gasteiger partial charge is 0.330 e. The van der Waals surface area contributed by atoms with Crippen LogP contribution in [0.5, 0.6) is 0 Å². The molecule has 0 aliphatic heterocycles. The molecule has 0 aromatic heterocycles. The van der Waals surface area contributed by atoms with E-state index in [-0.39, 0.29) is 12.1 Å². The number of carboxylic acid groups (broad SMARTS) is 1. The standard InChI is InChI=1S/C13H16N2O3/c1-15(10-7-8-10)13(18)14-11(12(16)17)9-5-3-2-4-6-9/h2-6,10-11H,7-8H2,1H3,(H,14,18)(H,16,17). The highest BCUT2D eigenvalue weighted by molar-refractivity contribution is 5.83. The SMILES string of the molecule is CN(C(=O)NC(C(=O)O)c1ccccc1)C1CC1. The summed E-state index contributed by atoms with van der Waals surface area (Å²) >= 11 is 0. The van der Waals surface area contributed by atoms with Gasteiger partial charge in [0.25, 0.3) is 0 Å². The van der Waals surface area contributed by atoms with E-state index in [2.05, 4.69) is 5.32 Å². The number of urea groups is 1. The molecule has 1 aromatic rings. The Labute approximate surface area is 105 Å². The highest BCUT2D eigenvalue weighted by Crippen LogP contribution is 2.25. The van der Waals surface area contributed by atoms with Gasteiger partial charge < -0.3 is 15.3 Å². The van der Waals surface area contributed by atoms with Crippen molar-refractivity contribution in [3.05, 3.63) is 35.9 Å². The normalized spacial score (nSPS) is 15.8. The summed E-state index contributed by atoms with van der Waals surface area (Å²) in [5.74, 6) is -1.06. The van der Waals surface area contributed by atoms with Gasteiger partial charge in [-0.2, -0.15) is 0 Å². The molecule has 0 heterocycles. The maximum Gasteiger partial charge on any atom is 0.330 e. The highest BCUT2D eigenvalue weighted by atomic mass is 16.4. The van der Waals surface area contributed by atoms with Crippen LogP contribution in [-0.2, 0) is 4.79 Å². The van der Waals surface area contributed by atoms with Gasteiger partial charge in [-0.3, -0.25) is 0 Å². The first kappa shape index (κ1) is 12.4. The molecule has 5 heteroatoms. The molecule has 0 bridgehead atoms. The second-order valence-electron chi connectivity index (χ2n) is 4.47. The average molecular weight is 248 g/mol.